The second-order valence-corrected chi connectivity index (χ2v) is 2.80. The van der Waals surface area contributed by atoms with Gasteiger partial charge in [0.05, 0.1) is 0 Å². The van der Waals surface area contributed by atoms with Crippen LogP contribution >= 0.6 is 11.6 Å². The first-order valence-electron chi connectivity index (χ1n) is 3.72. The minimum Gasteiger partial charge on any atom is -0.508 e. The molecule has 1 N–H and O–H groups in total. The van der Waals surface area contributed by atoms with Crippen LogP contribution in [0.3, 0.4) is 0 Å². The van der Waals surface area contributed by atoms with Gasteiger partial charge >= 0.3 is 0 Å². The van der Waals surface area contributed by atoms with Gasteiger partial charge in [-0.2, -0.15) is 0 Å². The molecular weight excluding hydrogens is 174 g/mol. The third kappa shape index (κ3) is 3.39. The Bertz CT molecular complexity index is 264. The molecule has 0 aliphatic carbocycles. The predicted octanol–water partition coefficient (Wildman–Crippen LogP) is 2.93. The molecule has 1 aliphatic heterocycles. The molecular formula is C9H10ClNO. The Balaban J connectivity index is 2.71. The lowest BCUT2D eigenvalue weighted by atomic mass is 10.3. The number of rotatable bonds is 0. The number of allylic oxidation sites excluding steroid dienone is 4. The average Bonchev–Trinajstić information content (AvgIpc) is 2.04. The number of aliphatic imine (C=N–C) groups is 1. The van der Waals surface area contributed by atoms with Crippen LogP contribution in [0, 0.1) is 0 Å². The second kappa shape index (κ2) is 4.78. The summed E-state index contributed by atoms with van der Waals surface area (Å²) in [5.74, 6) is 0.269. The molecule has 0 unspecified atom stereocenters. The number of nitrogens with zero attached hydrogens (tertiary/aromatic N) is 1. The summed E-state index contributed by atoms with van der Waals surface area (Å²) in [5.41, 5.74) is 0. The molecule has 0 aromatic rings. The molecule has 3 heteroatoms. The molecule has 0 saturated heterocycles. The Morgan fingerprint density at radius 2 is 2.25 bits per heavy atom. The Kier molecular flexibility index (Phi) is 3.61. The number of hydrogen-bond donors (Lipinski definition) is 1. The van der Waals surface area contributed by atoms with Crippen molar-refractivity contribution < 1.29 is 5.11 Å². The maximum absolute atomic E-state index is 9.17. The van der Waals surface area contributed by atoms with Crippen molar-refractivity contribution in [2.75, 3.05) is 0 Å². The van der Waals surface area contributed by atoms with Gasteiger partial charge in [0.2, 0.25) is 0 Å². The van der Waals surface area contributed by atoms with Crippen molar-refractivity contribution in [3.05, 3.63) is 36.3 Å². The van der Waals surface area contributed by atoms with Gasteiger partial charge in [-0.1, -0.05) is 23.8 Å². The van der Waals surface area contributed by atoms with Gasteiger partial charge in [-0.25, -0.2) is 4.99 Å². The van der Waals surface area contributed by atoms with Gasteiger partial charge < -0.3 is 5.11 Å². The van der Waals surface area contributed by atoms with Gasteiger partial charge in [0, 0.05) is 12.6 Å². The van der Waals surface area contributed by atoms with Crippen molar-refractivity contribution in [1.29, 1.82) is 0 Å². The van der Waals surface area contributed by atoms with Crippen LogP contribution in [-0.2, 0) is 0 Å². The lowest BCUT2D eigenvalue weighted by molar-refractivity contribution is 0.430. The molecule has 0 radical (unpaired) electrons. The summed E-state index contributed by atoms with van der Waals surface area (Å²) in [5, 5.41) is 9.70. The molecule has 12 heavy (non-hydrogen) atoms. The highest BCUT2D eigenvalue weighted by Crippen LogP contribution is 2.02. The molecule has 0 spiro atoms. The van der Waals surface area contributed by atoms with E-state index in [1.807, 2.05) is 6.08 Å². The fraction of sp³-hybridized carbons (Fsp3) is 0.222. The van der Waals surface area contributed by atoms with Crippen LogP contribution in [0.15, 0.2) is 41.3 Å². The number of aliphatic hydroxyl groups is 1. The van der Waals surface area contributed by atoms with Gasteiger partial charge in [-0.3, -0.25) is 0 Å². The van der Waals surface area contributed by atoms with E-state index in [4.69, 9.17) is 11.6 Å². The van der Waals surface area contributed by atoms with E-state index in [9.17, 15) is 5.11 Å². The Morgan fingerprint density at radius 1 is 1.42 bits per heavy atom. The third-order valence-electron chi connectivity index (χ3n) is 1.36. The molecule has 0 amide bonds. The van der Waals surface area contributed by atoms with Crippen molar-refractivity contribution in [1.82, 2.24) is 0 Å². The molecule has 0 saturated carbocycles. The highest BCUT2D eigenvalue weighted by molar-refractivity contribution is 6.65. The topological polar surface area (TPSA) is 32.6 Å². The number of aliphatic hydroxyl groups excluding tert-OH is 1. The molecule has 1 aliphatic rings. The first kappa shape index (κ1) is 9.07. The Morgan fingerprint density at radius 3 is 3.08 bits per heavy atom. The van der Waals surface area contributed by atoms with Gasteiger partial charge in [0.15, 0.2) is 0 Å². The van der Waals surface area contributed by atoms with Gasteiger partial charge in [-0.15, -0.1) is 0 Å². The van der Waals surface area contributed by atoms with Gasteiger partial charge in [0.1, 0.15) is 10.9 Å². The normalized spacial score (nSPS) is 28.1. The summed E-state index contributed by atoms with van der Waals surface area (Å²) in [6, 6.07) is 0. The van der Waals surface area contributed by atoms with Crippen molar-refractivity contribution >= 4 is 16.8 Å². The molecule has 1 rings (SSSR count). The second-order valence-electron chi connectivity index (χ2n) is 2.36. The molecule has 0 bridgehead atoms. The highest BCUT2D eigenvalue weighted by atomic mass is 35.5. The maximum atomic E-state index is 9.17. The van der Waals surface area contributed by atoms with Crippen LogP contribution in [0.1, 0.15) is 12.8 Å². The van der Waals surface area contributed by atoms with Gasteiger partial charge in [0.25, 0.3) is 0 Å². The zero-order chi connectivity index (χ0) is 8.81. The van der Waals surface area contributed by atoms with E-state index in [0.717, 1.165) is 0 Å². The summed E-state index contributed by atoms with van der Waals surface area (Å²) in [6.45, 7) is 0. The number of halogens is 1. The van der Waals surface area contributed by atoms with Crippen molar-refractivity contribution in [3.8, 4) is 0 Å². The van der Waals surface area contributed by atoms with Crippen molar-refractivity contribution in [2.45, 2.75) is 12.8 Å². The van der Waals surface area contributed by atoms with Crippen molar-refractivity contribution in [3.63, 3.8) is 0 Å². The molecule has 0 atom stereocenters. The van der Waals surface area contributed by atoms with E-state index in [-0.39, 0.29) is 5.76 Å². The van der Waals surface area contributed by atoms with E-state index < -0.39 is 0 Å². The smallest absolute Gasteiger partial charge is 0.111 e. The fourth-order valence-electron chi connectivity index (χ4n) is 0.781. The monoisotopic (exact) mass is 183 g/mol. The molecule has 0 aromatic carbocycles. The first-order chi connectivity index (χ1) is 5.79. The van der Waals surface area contributed by atoms with E-state index in [1.54, 1.807) is 24.4 Å². The molecule has 1 heterocycles. The molecule has 0 aromatic heterocycles. The summed E-state index contributed by atoms with van der Waals surface area (Å²) in [7, 11) is 0. The number of hydrogen-bond acceptors (Lipinski definition) is 2. The quantitative estimate of drug-likeness (QED) is 0.616. The van der Waals surface area contributed by atoms with E-state index in [0.29, 0.717) is 18.0 Å². The SMILES string of the molecule is OC1=C/C/C=C\N=C(Cl)C/C=C\1. The van der Waals surface area contributed by atoms with E-state index in [1.165, 1.54) is 0 Å². The lowest BCUT2D eigenvalue weighted by Crippen LogP contribution is -1.84. The summed E-state index contributed by atoms with van der Waals surface area (Å²) in [6.07, 6.45) is 9.81. The Labute approximate surface area is 76.6 Å². The summed E-state index contributed by atoms with van der Waals surface area (Å²) in [4.78, 5) is 3.95. The molecule has 0 fully saturated rings. The van der Waals surface area contributed by atoms with Crippen LogP contribution in [0.25, 0.3) is 0 Å². The van der Waals surface area contributed by atoms with Crippen LogP contribution in [0.4, 0.5) is 0 Å². The van der Waals surface area contributed by atoms with Crippen LogP contribution in [0.2, 0.25) is 0 Å². The summed E-state index contributed by atoms with van der Waals surface area (Å²) >= 11 is 5.71. The Hall–Kier alpha value is -1.02. The highest BCUT2D eigenvalue weighted by Gasteiger charge is 1.90. The zero-order valence-corrected chi connectivity index (χ0v) is 7.33. The minimum atomic E-state index is 0.269. The van der Waals surface area contributed by atoms with Crippen molar-refractivity contribution in [2.24, 2.45) is 4.99 Å². The minimum absolute atomic E-state index is 0.269. The first-order valence-corrected chi connectivity index (χ1v) is 4.09. The van der Waals surface area contributed by atoms with Gasteiger partial charge in [-0.05, 0) is 18.6 Å². The molecule has 64 valence electrons. The zero-order valence-electron chi connectivity index (χ0n) is 6.57. The largest absolute Gasteiger partial charge is 0.508 e. The third-order valence-corrected chi connectivity index (χ3v) is 1.61. The maximum Gasteiger partial charge on any atom is 0.111 e. The predicted molar refractivity (Wildman–Crippen MR) is 51.5 cm³/mol. The standard InChI is InChI=1S/C9H10ClNO/c10-9-6-3-5-8(12)4-1-2-7-11-9/h2-5,7,12H,1,6H2/b5-3-,7-2-,8-4+,11-9?. The van der Waals surface area contributed by atoms with E-state index >= 15 is 0 Å². The average molecular weight is 184 g/mol. The lowest BCUT2D eigenvalue weighted by Gasteiger charge is -1.93. The van der Waals surface area contributed by atoms with Crippen LogP contribution in [0.5, 0.6) is 0 Å². The van der Waals surface area contributed by atoms with E-state index in [2.05, 4.69) is 4.99 Å². The van der Waals surface area contributed by atoms with Crippen LogP contribution in [-0.4, -0.2) is 10.3 Å². The molecule has 2 nitrogen and oxygen atoms in total. The summed E-state index contributed by atoms with van der Waals surface area (Å²) < 4.78 is 0. The fourth-order valence-corrected chi connectivity index (χ4v) is 0.926. The van der Waals surface area contributed by atoms with Crippen LogP contribution < -0.4 is 0 Å².